The summed E-state index contributed by atoms with van der Waals surface area (Å²) in [7, 11) is 0. The van der Waals surface area contributed by atoms with Crippen LogP contribution in [0.1, 0.15) is 5.56 Å². The van der Waals surface area contributed by atoms with Gasteiger partial charge in [-0.1, -0.05) is 152 Å². The maximum atomic E-state index is 6.58. The molecule has 0 saturated carbocycles. The summed E-state index contributed by atoms with van der Waals surface area (Å²) in [5, 5.41) is 7.17. The number of fused-ring (bicyclic) bond motifs is 10. The molecule has 0 aliphatic carbocycles. The molecule has 12 rings (SSSR count). The van der Waals surface area contributed by atoms with E-state index in [0.717, 1.165) is 72.3 Å². The van der Waals surface area contributed by atoms with Crippen LogP contribution in [0.3, 0.4) is 0 Å². The highest BCUT2D eigenvalue weighted by atomic mass is 32.1. The molecule has 58 heavy (non-hydrogen) atoms. The lowest BCUT2D eigenvalue weighted by atomic mass is 9.96. The van der Waals surface area contributed by atoms with E-state index in [9.17, 15) is 0 Å². The second kappa shape index (κ2) is 12.8. The molecule has 0 aliphatic heterocycles. The molecule has 0 bridgehead atoms. The minimum absolute atomic E-state index is 0.639. The lowest BCUT2D eigenvalue weighted by Crippen LogP contribution is -2.06. The zero-order valence-corrected chi connectivity index (χ0v) is 32.3. The summed E-state index contributed by atoms with van der Waals surface area (Å²) in [6.07, 6.45) is 0. The van der Waals surface area contributed by atoms with Crippen LogP contribution in [-0.4, -0.2) is 14.5 Å². The van der Waals surface area contributed by atoms with Gasteiger partial charge in [0.05, 0.1) is 16.7 Å². The van der Waals surface area contributed by atoms with Crippen LogP contribution in [0.2, 0.25) is 0 Å². The summed E-state index contributed by atoms with van der Waals surface area (Å²) in [5.74, 6) is 1.49. The van der Waals surface area contributed by atoms with Gasteiger partial charge < -0.3 is 4.42 Å². The van der Waals surface area contributed by atoms with Crippen molar-refractivity contribution in [1.82, 2.24) is 14.5 Å². The third kappa shape index (κ3) is 4.93. The van der Waals surface area contributed by atoms with Crippen LogP contribution in [0.15, 0.2) is 186 Å². The van der Waals surface area contributed by atoms with E-state index in [-0.39, 0.29) is 0 Å². The monoisotopic (exact) mass is 759 g/mol. The fourth-order valence-electron chi connectivity index (χ4n) is 8.94. The topological polar surface area (TPSA) is 43.9 Å². The Morgan fingerprint density at radius 1 is 0.448 bits per heavy atom. The smallest absolute Gasteiger partial charge is 0.162 e. The molecule has 8 aromatic carbocycles. The number of para-hydroxylation sites is 2. The van der Waals surface area contributed by atoms with E-state index in [1.54, 1.807) is 0 Å². The number of aromatic nitrogens is 3. The number of rotatable bonds is 5. The number of hydrogen-bond donors (Lipinski definition) is 0. The molecular formula is C53H33N3OS. The molecule has 0 radical (unpaired) electrons. The van der Waals surface area contributed by atoms with E-state index in [4.69, 9.17) is 14.4 Å². The van der Waals surface area contributed by atoms with E-state index in [2.05, 4.69) is 181 Å². The number of benzene rings is 8. The SMILES string of the molecule is Cc1c(-c2ccccc2)nc(-c2cc(-c3ccccc3)c3c(c2)oc2ccccc23)nc1-n1c2ccccc2c2c3sc4c(-c5ccccc5)cccc4c3ccc21. The average molecular weight is 760 g/mol. The maximum Gasteiger partial charge on any atom is 0.162 e. The molecule has 5 heteroatoms. The summed E-state index contributed by atoms with van der Waals surface area (Å²) >= 11 is 1.89. The van der Waals surface area contributed by atoms with Gasteiger partial charge in [-0.25, -0.2) is 9.97 Å². The average Bonchev–Trinajstić information content (AvgIpc) is 3.97. The van der Waals surface area contributed by atoms with E-state index in [1.165, 1.54) is 42.1 Å². The van der Waals surface area contributed by atoms with Crippen LogP contribution in [0, 0.1) is 6.92 Å². The first-order valence-corrected chi connectivity index (χ1v) is 20.4. The summed E-state index contributed by atoms with van der Waals surface area (Å²) in [6, 6.07) is 64.4. The van der Waals surface area contributed by atoms with Crippen molar-refractivity contribution >= 4 is 75.3 Å². The highest BCUT2D eigenvalue weighted by molar-refractivity contribution is 7.27. The van der Waals surface area contributed by atoms with Crippen LogP contribution >= 0.6 is 11.3 Å². The van der Waals surface area contributed by atoms with E-state index < -0.39 is 0 Å². The first kappa shape index (κ1) is 32.9. The van der Waals surface area contributed by atoms with Gasteiger partial charge in [0, 0.05) is 58.4 Å². The van der Waals surface area contributed by atoms with E-state index >= 15 is 0 Å². The van der Waals surface area contributed by atoms with Crippen LogP contribution in [0.5, 0.6) is 0 Å². The van der Waals surface area contributed by atoms with Crippen molar-refractivity contribution in [2.75, 3.05) is 0 Å². The Kier molecular flexibility index (Phi) is 7.28. The molecule has 0 saturated heterocycles. The third-order valence-electron chi connectivity index (χ3n) is 11.6. The molecule has 4 aromatic heterocycles. The Morgan fingerprint density at radius 3 is 1.86 bits per heavy atom. The normalized spacial score (nSPS) is 11.9. The van der Waals surface area contributed by atoms with Gasteiger partial charge in [-0.2, -0.15) is 0 Å². The first-order chi connectivity index (χ1) is 28.7. The Morgan fingerprint density at radius 2 is 1.09 bits per heavy atom. The molecule has 0 aliphatic rings. The highest BCUT2D eigenvalue weighted by Gasteiger charge is 2.24. The molecule has 0 amide bonds. The highest BCUT2D eigenvalue weighted by Crippen LogP contribution is 2.47. The largest absolute Gasteiger partial charge is 0.456 e. The van der Waals surface area contributed by atoms with Gasteiger partial charge in [-0.3, -0.25) is 4.57 Å². The predicted molar refractivity (Wildman–Crippen MR) is 243 cm³/mol. The summed E-state index contributed by atoms with van der Waals surface area (Å²) < 4.78 is 11.5. The van der Waals surface area contributed by atoms with Gasteiger partial charge in [-0.15, -0.1) is 11.3 Å². The molecule has 4 nitrogen and oxygen atoms in total. The van der Waals surface area contributed by atoms with Gasteiger partial charge >= 0.3 is 0 Å². The first-order valence-electron chi connectivity index (χ1n) is 19.6. The summed E-state index contributed by atoms with van der Waals surface area (Å²) in [5.41, 5.74) is 12.4. The molecule has 0 unspecified atom stereocenters. The van der Waals surface area contributed by atoms with Crippen LogP contribution < -0.4 is 0 Å². The fourth-order valence-corrected chi connectivity index (χ4v) is 10.3. The van der Waals surface area contributed by atoms with Crippen molar-refractivity contribution in [2.24, 2.45) is 0 Å². The van der Waals surface area contributed by atoms with Gasteiger partial charge in [-0.05, 0) is 59.5 Å². The Hall–Kier alpha value is -7.34. The van der Waals surface area contributed by atoms with Crippen molar-refractivity contribution < 1.29 is 4.42 Å². The lowest BCUT2D eigenvalue weighted by Gasteiger charge is -2.16. The van der Waals surface area contributed by atoms with Crippen LogP contribution in [0.4, 0.5) is 0 Å². The quantitative estimate of drug-likeness (QED) is 0.175. The summed E-state index contributed by atoms with van der Waals surface area (Å²) in [6.45, 7) is 2.16. The van der Waals surface area contributed by atoms with Crippen LogP contribution in [-0.2, 0) is 0 Å². The molecule has 0 spiro atoms. The minimum Gasteiger partial charge on any atom is -0.456 e. The zero-order chi connectivity index (χ0) is 38.3. The molecule has 0 N–H and O–H groups in total. The molecule has 4 heterocycles. The minimum atomic E-state index is 0.639. The van der Waals surface area contributed by atoms with Crippen molar-refractivity contribution in [3.8, 4) is 50.7 Å². The van der Waals surface area contributed by atoms with Gasteiger partial charge in [0.2, 0.25) is 0 Å². The molecule has 272 valence electrons. The van der Waals surface area contributed by atoms with Crippen molar-refractivity contribution in [1.29, 1.82) is 0 Å². The number of hydrogen-bond acceptors (Lipinski definition) is 4. The zero-order valence-electron chi connectivity index (χ0n) is 31.5. The Balaban J connectivity index is 1.16. The second-order valence-corrected chi connectivity index (χ2v) is 15.9. The van der Waals surface area contributed by atoms with Gasteiger partial charge in [0.25, 0.3) is 0 Å². The lowest BCUT2D eigenvalue weighted by molar-refractivity contribution is 0.669. The molecular weight excluding hydrogens is 727 g/mol. The maximum absolute atomic E-state index is 6.58. The second-order valence-electron chi connectivity index (χ2n) is 14.9. The molecule has 12 aromatic rings. The summed E-state index contributed by atoms with van der Waals surface area (Å²) in [4.78, 5) is 10.9. The van der Waals surface area contributed by atoms with Gasteiger partial charge in [0.15, 0.2) is 5.82 Å². The van der Waals surface area contributed by atoms with Gasteiger partial charge in [0.1, 0.15) is 17.0 Å². The number of thiophene rings is 1. The Bertz CT molecular complexity index is 3560. The van der Waals surface area contributed by atoms with E-state index in [0.29, 0.717) is 5.82 Å². The predicted octanol–water partition coefficient (Wildman–Crippen LogP) is 14.8. The van der Waals surface area contributed by atoms with Crippen molar-refractivity contribution in [3.63, 3.8) is 0 Å². The van der Waals surface area contributed by atoms with Crippen LogP contribution in [0.25, 0.3) is 115 Å². The van der Waals surface area contributed by atoms with Crippen molar-refractivity contribution in [3.05, 3.63) is 188 Å². The fraction of sp³-hybridized carbons (Fsp3) is 0.0189. The van der Waals surface area contributed by atoms with Crippen molar-refractivity contribution in [2.45, 2.75) is 6.92 Å². The standard InChI is InChI=1S/C53H33N3OS/c1-32-49(35-20-9-4-10-21-35)54-52(36-30-42(34-18-7-3-8-19-34)47-41-23-12-14-27-45(41)57-46(47)31-36)55-53(32)56-43-26-13-11-22-40(43)48-44(56)29-28-39-38-25-15-24-37(50(38)58-51(39)48)33-16-5-2-6-17-33/h2-31H,1H3. The third-order valence-corrected chi connectivity index (χ3v) is 12.9. The molecule has 0 atom stereocenters. The number of nitrogens with zero attached hydrogens (tertiary/aromatic N) is 3. The molecule has 0 fully saturated rings. The Labute approximate surface area is 337 Å². The number of furan rings is 1. The van der Waals surface area contributed by atoms with E-state index in [1.807, 2.05) is 23.5 Å².